The van der Waals surface area contributed by atoms with Crippen LogP contribution in [0.15, 0.2) is 271 Å². The second-order valence-corrected chi connectivity index (χ2v) is 38.3. The largest absolute Gasteiger partial charge is 0.507 e. The lowest BCUT2D eigenvalue weighted by atomic mass is 9.90. The van der Waals surface area contributed by atoms with E-state index in [0.29, 0.717) is 122 Å². The molecule has 3 amide bonds. The zero-order valence-electron chi connectivity index (χ0n) is 74.7. The summed E-state index contributed by atoms with van der Waals surface area (Å²) < 4.78 is 78.7. The molecule has 5 aliphatic heterocycles. The summed E-state index contributed by atoms with van der Waals surface area (Å²) in [5.41, 5.74) is 6.36. The van der Waals surface area contributed by atoms with Gasteiger partial charge in [0.15, 0.2) is 15.3 Å². The van der Waals surface area contributed by atoms with Gasteiger partial charge >= 0.3 is 30.3 Å². The zero-order chi connectivity index (χ0) is 106. The number of aromatic hydroxyl groups is 5. The maximum absolute atomic E-state index is 13.1. The molecule has 0 saturated carbocycles. The van der Waals surface area contributed by atoms with Crippen molar-refractivity contribution in [2.75, 3.05) is 6.54 Å². The summed E-state index contributed by atoms with van der Waals surface area (Å²) in [4.78, 5) is 141. The number of thioether (sulfide) groups is 2. The lowest BCUT2D eigenvalue weighted by Gasteiger charge is -2.32. The average molecular weight is 2200 g/mol. The van der Waals surface area contributed by atoms with Gasteiger partial charge in [-0.25, -0.2) is 24.4 Å². The van der Waals surface area contributed by atoms with Gasteiger partial charge in [0.1, 0.15) is 59.6 Å². The van der Waals surface area contributed by atoms with E-state index < -0.39 is 64.3 Å². The van der Waals surface area contributed by atoms with Crippen LogP contribution in [0.4, 0.5) is 26.3 Å². The number of benzene rings is 8. The Labute approximate surface area is 881 Å². The number of aromatic amines is 7. The molecule has 3 fully saturated rings. The van der Waals surface area contributed by atoms with E-state index in [-0.39, 0.29) is 129 Å². The number of carbonyl (C=O) groups excluding carboxylic acids is 4. The number of amides is 3. The van der Waals surface area contributed by atoms with Gasteiger partial charge in [-0.2, -0.15) is 26.3 Å². The summed E-state index contributed by atoms with van der Waals surface area (Å²) >= 11 is 51.9. The van der Waals surface area contributed by atoms with Crippen molar-refractivity contribution in [1.29, 1.82) is 0 Å². The molecule has 13 aromatic rings. The smallest absolute Gasteiger partial charge is 0.416 e. The van der Waals surface area contributed by atoms with Crippen molar-refractivity contribution in [3.05, 3.63) is 386 Å². The molecule has 1 atom stereocenters. The number of Topliss-reactive ketones (excluding diaryl/α,β-unsaturated/α-hetero) is 1. The van der Waals surface area contributed by atoms with E-state index in [2.05, 4.69) is 44.9 Å². The number of hydrogen-bond acceptors (Lipinski definition) is 23. The Hall–Kier alpha value is -15.2. The van der Waals surface area contributed by atoms with Crippen LogP contribution in [0.2, 0.25) is 20.1 Å². The van der Waals surface area contributed by atoms with Crippen molar-refractivity contribution in [3.8, 4) is 62.8 Å². The molecule has 748 valence electrons. The van der Waals surface area contributed by atoms with Gasteiger partial charge in [0.05, 0.1) is 68.3 Å². The van der Waals surface area contributed by atoms with Crippen LogP contribution in [0.5, 0.6) is 29.0 Å². The summed E-state index contributed by atoms with van der Waals surface area (Å²) in [7, 11) is 0. The first-order valence-corrected chi connectivity index (χ1v) is 47.9. The highest BCUT2D eigenvalue weighted by Crippen LogP contribution is 2.42. The number of carbonyl (C=O) groups is 7. The summed E-state index contributed by atoms with van der Waals surface area (Å²) in [6, 6.07) is 53.3. The molecular formula is C101H70Cl4F6N12O17S7. The number of alkyl halides is 6. The molecule has 0 aliphatic carbocycles. The highest BCUT2D eigenvalue weighted by atomic mass is 35.5. The van der Waals surface area contributed by atoms with Crippen LogP contribution in [0.1, 0.15) is 105 Å². The third-order valence-electron chi connectivity index (χ3n) is 22.0. The molecule has 46 heteroatoms. The Bertz CT molecular complexity index is 8070. The number of halogens is 10. The van der Waals surface area contributed by atoms with Crippen LogP contribution in [-0.2, 0) is 57.5 Å². The van der Waals surface area contributed by atoms with Gasteiger partial charge < -0.3 is 70.7 Å². The fourth-order valence-electron chi connectivity index (χ4n) is 14.7. The number of H-pyrrole nitrogens is 7. The number of aliphatic imine (C=N–C) groups is 2. The second-order valence-electron chi connectivity index (χ2n) is 32.0. The van der Waals surface area contributed by atoms with Crippen LogP contribution in [0.3, 0.4) is 0 Å². The fourth-order valence-corrected chi connectivity index (χ4v) is 18.6. The number of carboxylic acid groups (broad SMARTS) is 3. The van der Waals surface area contributed by atoms with Crippen LogP contribution in [0.25, 0.3) is 58.1 Å². The lowest BCUT2D eigenvalue weighted by molar-refractivity contribution is -0.140. The molecule has 5 aromatic heterocycles. The molecule has 0 bridgehead atoms. The standard InChI is InChI=1S/C25H22N2O5S.C22H13Cl2F3N2OS2.C22H15ClN2O4S2.C16H9ClF3N3O2S.C16H11N3O5S/c28-21-12-16(6-8-18(21)25(31)32)20-9-7-17(26-20)13-19-22(29)14-23(33)27(24(19)30)11-10-15-4-2-1-3-5-15;23-14-4-1-12(2-5-14)11-29-20(30)19(32-21(29)31)10-15-6-8-18(28-15)16-9-13(22(25,26)27)3-7-17(16)24;23-14-4-1-12(2-5-14)11-25-20(27)19(31-22(25)30)10-15-6-8-17(24-15)13-3-7-16(21(28)29)18(26)9-13;17-11-3-1-7(16(18,19)20)5-9(11)12-4-2-8(21-12)6-10-13(24)22-15(26)23-14(10)25;20-12-5-7(1-3-9(12)15(23)24)11-4-2-8(17-11)6-10-13(21)18-16(25)19-14(10)22/h1-9,12,19,26,28H,10-11,13-14H2,(H,31,32);1-10,28H,11H2;1-10,24,26H,11H2,(H,28,29);1-6H,(H3,22,23,24,25,26);1-6,20H,(H,23,24)(H3,18,19,21,22,25)/b;2*19-10+;;. The van der Waals surface area contributed by atoms with Gasteiger partial charge in [-0.05, 0) is 230 Å². The minimum absolute atomic E-state index is 0.00444. The maximum Gasteiger partial charge on any atom is 0.416 e. The average Bonchev–Trinajstić information content (AvgIpc) is 1.11. The summed E-state index contributed by atoms with van der Waals surface area (Å²) in [6.07, 6.45) is 4.09. The first kappa shape index (κ1) is 108. The Morgan fingerprint density at radius 1 is 0.435 bits per heavy atom. The molecule has 10 heterocycles. The minimum Gasteiger partial charge on any atom is -0.507 e. The third-order valence-corrected chi connectivity index (χ3v) is 26.7. The Kier molecular flexibility index (Phi) is 34.0. The number of aromatic carboxylic acids is 3. The monoisotopic (exact) mass is 2200 g/mol. The molecule has 29 nitrogen and oxygen atoms in total. The van der Waals surface area contributed by atoms with Gasteiger partial charge in [-0.1, -0.05) is 179 Å². The topological polar surface area (TPSA) is 460 Å². The Morgan fingerprint density at radius 3 is 1.32 bits per heavy atom. The van der Waals surface area contributed by atoms with Crippen molar-refractivity contribution in [3.63, 3.8) is 0 Å². The van der Waals surface area contributed by atoms with Gasteiger partial charge in [0.25, 0.3) is 22.9 Å². The van der Waals surface area contributed by atoms with E-state index in [1.165, 1.54) is 89.5 Å². The number of thiocarbonyl (C=S) groups is 3. The van der Waals surface area contributed by atoms with Crippen LogP contribution < -0.4 is 11.1 Å². The number of phenols is 3. The molecule has 0 radical (unpaired) electrons. The number of likely N-dealkylation sites (tertiary alicyclic amines) is 1. The van der Waals surface area contributed by atoms with Crippen molar-refractivity contribution in [1.82, 2.24) is 49.6 Å². The number of hydrogen-bond donors (Lipinski definition) is 15. The maximum atomic E-state index is 13.1. The van der Waals surface area contributed by atoms with Crippen molar-refractivity contribution in [2.24, 2.45) is 15.9 Å². The van der Waals surface area contributed by atoms with Crippen molar-refractivity contribution in [2.45, 2.75) is 44.7 Å². The van der Waals surface area contributed by atoms with Crippen LogP contribution >= 0.6 is 131 Å². The van der Waals surface area contributed by atoms with Crippen molar-refractivity contribution < 1.29 is 101 Å². The van der Waals surface area contributed by atoms with Gasteiger partial charge in [-0.3, -0.25) is 48.5 Å². The number of ketones is 1. The Balaban J connectivity index is 0.000000146. The molecular weight excluding hydrogens is 2130 g/mol. The van der Waals surface area contributed by atoms with Crippen molar-refractivity contribution >= 4 is 222 Å². The third kappa shape index (κ3) is 26.9. The number of nitrogens with zero attached hydrogens (tertiary/aromatic N) is 5. The molecule has 0 spiro atoms. The van der Waals surface area contributed by atoms with Gasteiger partial charge in [-0.15, -0.1) is 0 Å². The quantitative estimate of drug-likeness (QED) is 0.0137. The van der Waals surface area contributed by atoms with E-state index >= 15 is 0 Å². The van der Waals surface area contributed by atoms with Crippen LogP contribution in [-0.4, -0.2) is 163 Å². The molecule has 5 aliphatic rings. The summed E-state index contributed by atoms with van der Waals surface area (Å²) in [5.74, 6) is -7.20. The summed E-state index contributed by atoms with van der Waals surface area (Å²) in [6.45, 7) is 1.11. The molecule has 1 unspecified atom stereocenters. The van der Waals surface area contributed by atoms with E-state index in [9.17, 15) is 95.0 Å². The molecule has 147 heavy (non-hydrogen) atoms. The van der Waals surface area contributed by atoms with E-state index in [0.717, 1.165) is 58.8 Å². The lowest BCUT2D eigenvalue weighted by Crippen LogP contribution is -2.50. The summed E-state index contributed by atoms with van der Waals surface area (Å²) in [5, 5.41) is 77.7. The highest BCUT2D eigenvalue weighted by Gasteiger charge is 2.40. The zero-order valence-corrected chi connectivity index (χ0v) is 83.4. The molecule has 8 aromatic carbocycles. The molecule has 3 saturated heterocycles. The van der Waals surface area contributed by atoms with Gasteiger partial charge in [0, 0.05) is 95.0 Å². The number of allylic oxidation sites excluding steroid dienone is 4. The van der Waals surface area contributed by atoms with Crippen LogP contribution in [0, 0.1) is 15.5 Å². The normalized spacial score (nSPS) is 15.5. The van der Waals surface area contributed by atoms with E-state index in [4.69, 9.17) is 123 Å². The predicted molar refractivity (Wildman–Crippen MR) is 564 cm³/mol. The van der Waals surface area contributed by atoms with Gasteiger partial charge in [0.2, 0.25) is 17.7 Å². The molecule has 18 rings (SSSR count). The predicted octanol–water partition coefficient (Wildman–Crippen LogP) is 22.3. The first-order valence-electron chi connectivity index (χ1n) is 42.8. The van der Waals surface area contributed by atoms with E-state index in [1.54, 1.807) is 107 Å². The number of carboxylic acids is 3. The molecule has 15 N–H and O–H groups in total. The number of nitrogens with one attached hydrogen (secondary N) is 7. The highest BCUT2D eigenvalue weighted by molar-refractivity contribution is 8.27. The minimum atomic E-state index is -4.51. The number of rotatable bonds is 21. The second kappa shape index (κ2) is 46.4. The fraction of sp³-hybridized carbons (Fsp3) is 0.0891. The number of piperidine rings is 1. The first-order chi connectivity index (χ1) is 69.7. The SMILES string of the molecule is O=C(O)c1ccc(-c2ccc(/C=C3/SC(=S)N(Cc4ccc(Cl)cc4)C3=O)[nH]2)cc1O.O=C(O)c1ccc(-c2ccc(CC3C(=O)CC(=S)N(CCc4ccccc4)C3=O)[nH]2)cc1O.O=C(O)c1ccc(C2=NC(=Cc3c(O)[nH]c(=S)[nH]c3=O)C=C2)cc1O.O=C1/C(=C\c2ccc(-c3cc(C(F)(F)F)ccc3Cl)[nH]2)SC(=S)N1Cc1ccc(Cl)cc1.O=c1[nH]c(=S)[nH]c(O)c1C=C1C=CC(c2cc(C(F)(F)F)ccc2Cl)=N1. The Morgan fingerprint density at radius 2 is 0.857 bits per heavy atom. The van der Waals surface area contributed by atoms with E-state index in [1.807, 2.05) is 54.6 Å². The number of aromatic nitrogens is 7.